The third-order valence-corrected chi connectivity index (χ3v) is 6.77. The van der Waals surface area contributed by atoms with Gasteiger partial charge < -0.3 is 14.8 Å². The number of hydrogen-bond acceptors (Lipinski definition) is 4. The molecule has 1 saturated carbocycles. The van der Waals surface area contributed by atoms with Crippen LogP contribution in [0.4, 0.5) is 4.79 Å². The van der Waals surface area contributed by atoms with E-state index in [0.29, 0.717) is 18.7 Å². The standard InChI is InChI=1S/C22H32N2O3/c1-16(17-9-6-5-7-10-17)24-13-22(23-19(25)27-20(2,3)4)15-26-14-21(22)12-8-11-18(21)24/h5-7,9-10,16,18H,8,11-15H2,1-4H3,(H,23,25)/t16-,18?,21?,22+/m1/s1. The Kier molecular flexibility index (Phi) is 4.51. The highest BCUT2D eigenvalue weighted by Crippen LogP contribution is 2.58. The Labute approximate surface area is 162 Å². The Morgan fingerprint density at radius 1 is 1.30 bits per heavy atom. The number of ether oxygens (including phenoxy) is 2. The fourth-order valence-corrected chi connectivity index (χ4v) is 5.61. The number of benzene rings is 1. The monoisotopic (exact) mass is 372 g/mol. The van der Waals surface area contributed by atoms with Crippen molar-refractivity contribution >= 4 is 6.09 Å². The lowest BCUT2D eigenvalue weighted by Gasteiger charge is -2.38. The van der Waals surface area contributed by atoms with Gasteiger partial charge in [-0.15, -0.1) is 0 Å². The summed E-state index contributed by atoms with van der Waals surface area (Å²) >= 11 is 0. The van der Waals surface area contributed by atoms with Crippen LogP contribution >= 0.6 is 0 Å². The minimum Gasteiger partial charge on any atom is -0.444 e. The van der Waals surface area contributed by atoms with Crippen LogP contribution in [-0.2, 0) is 9.47 Å². The normalized spacial score (nSPS) is 34.1. The zero-order chi connectivity index (χ0) is 19.3. The number of nitrogens with one attached hydrogen (secondary N) is 1. The van der Waals surface area contributed by atoms with Gasteiger partial charge in [0.25, 0.3) is 0 Å². The van der Waals surface area contributed by atoms with E-state index in [9.17, 15) is 4.79 Å². The summed E-state index contributed by atoms with van der Waals surface area (Å²) in [4.78, 5) is 15.3. The molecule has 1 aromatic rings. The first-order chi connectivity index (χ1) is 12.8. The van der Waals surface area contributed by atoms with Gasteiger partial charge in [-0.2, -0.15) is 0 Å². The van der Waals surface area contributed by atoms with Crippen LogP contribution in [0.1, 0.15) is 58.6 Å². The second-order valence-electron chi connectivity index (χ2n) is 9.52. The molecule has 2 saturated heterocycles. The fourth-order valence-electron chi connectivity index (χ4n) is 5.61. The molecule has 27 heavy (non-hydrogen) atoms. The molecule has 4 rings (SSSR count). The summed E-state index contributed by atoms with van der Waals surface area (Å²) in [7, 11) is 0. The molecule has 4 atom stereocenters. The molecule has 2 heterocycles. The topological polar surface area (TPSA) is 50.8 Å². The number of alkyl carbamates (subject to hydrolysis) is 1. The first kappa shape index (κ1) is 18.8. The van der Waals surface area contributed by atoms with E-state index in [1.165, 1.54) is 12.0 Å². The van der Waals surface area contributed by atoms with Gasteiger partial charge in [0, 0.05) is 24.0 Å². The summed E-state index contributed by atoms with van der Waals surface area (Å²) in [6, 6.07) is 11.4. The van der Waals surface area contributed by atoms with Crippen LogP contribution in [0.3, 0.4) is 0 Å². The van der Waals surface area contributed by atoms with Gasteiger partial charge in [0.15, 0.2) is 0 Å². The minimum atomic E-state index is -0.502. The predicted molar refractivity (Wildman–Crippen MR) is 105 cm³/mol. The van der Waals surface area contributed by atoms with Crippen molar-refractivity contribution in [2.45, 2.75) is 70.2 Å². The number of likely N-dealkylation sites (tertiary alicyclic amines) is 1. The quantitative estimate of drug-likeness (QED) is 0.874. The summed E-state index contributed by atoms with van der Waals surface area (Å²) in [5.41, 5.74) is 0.456. The molecule has 1 amide bonds. The number of hydrogen-bond donors (Lipinski definition) is 1. The number of rotatable bonds is 3. The Morgan fingerprint density at radius 2 is 2.04 bits per heavy atom. The summed E-state index contributed by atoms with van der Waals surface area (Å²) in [5, 5.41) is 3.28. The molecule has 5 heteroatoms. The van der Waals surface area contributed by atoms with E-state index in [0.717, 1.165) is 26.0 Å². The van der Waals surface area contributed by atoms with E-state index < -0.39 is 5.60 Å². The van der Waals surface area contributed by atoms with Crippen LogP contribution in [-0.4, -0.2) is 47.9 Å². The molecular formula is C22H32N2O3. The van der Waals surface area contributed by atoms with E-state index in [1.54, 1.807) is 0 Å². The van der Waals surface area contributed by atoms with E-state index in [4.69, 9.17) is 9.47 Å². The highest BCUT2D eigenvalue weighted by molar-refractivity contribution is 5.69. The van der Waals surface area contributed by atoms with Crippen molar-refractivity contribution in [3.05, 3.63) is 35.9 Å². The summed E-state index contributed by atoms with van der Waals surface area (Å²) in [5.74, 6) is 0. The molecule has 5 nitrogen and oxygen atoms in total. The van der Waals surface area contributed by atoms with Gasteiger partial charge >= 0.3 is 6.09 Å². The number of carbonyl (C=O) groups is 1. The SMILES string of the molecule is C[C@H](c1ccccc1)N1C[C@]2(NC(=O)OC(C)(C)C)COCC23CCCC13. The predicted octanol–water partition coefficient (Wildman–Crippen LogP) is 3.90. The molecule has 3 fully saturated rings. The lowest BCUT2D eigenvalue weighted by molar-refractivity contribution is 0.0399. The van der Waals surface area contributed by atoms with Crippen molar-refractivity contribution in [2.75, 3.05) is 19.8 Å². The van der Waals surface area contributed by atoms with Gasteiger partial charge in [-0.05, 0) is 46.1 Å². The average molecular weight is 373 g/mol. The largest absolute Gasteiger partial charge is 0.444 e. The van der Waals surface area contributed by atoms with Crippen LogP contribution in [0.25, 0.3) is 0 Å². The first-order valence-corrected chi connectivity index (χ1v) is 10.2. The Balaban J connectivity index is 1.63. The smallest absolute Gasteiger partial charge is 0.408 e. The molecule has 148 valence electrons. The Bertz CT molecular complexity index is 697. The van der Waals surface area contributed by atoms with Crippen molar-refractivity contribution < 1.29 is 14.3 Å². The van der Waals surface area contributed by atoms with E-state index in [1.807, 2.05) is 20.8 Å². The first-order valence-electron chi connectivity index (χ1n) is 10.2. The lowest BCUT2D eigenvalue weighted by atomic mass is 9.71. The van der Waals surface area contributed by atoms with Crippen LogP contribution in [0.15, 0.2) is 30.3 Å². The molecule has 1 aliphatic carbocycles. The van der Waals surface area contributed by atoms with Crippen molar-refractivity contribution in [3.63, 3.8) is 0 Å². The van der Waals surface area contributed by atoms with Gasteiger partial charge in [-0.1, -0.05) is 36.8 Å². The number of amides is 1. The van der Waals surface area contributed by atoms with Crippen molar-refractivity contribution in [1.29, 1.82) is 0 Å². The maximum Gasteiger partial charge on any atom is 0.408 e. The van der Waals surface area contributed by atoms with Gasteiger partial charge in [0.2, 0.25) is 0 Å². The van der Waals surface area contributed by atoms with E-state index in [2.05, 4.69) is 47.5 Å². The van der Waals surface area contributed by atoms with E-state index in [-0.39, 0.29) is 17.0 Å². The van der Waals surface area contributed by atoms with Gasteiger partial charge in [0.05, 0.1) is 18.8 Å². The molecule has 1 N–H and O–H groups in total. The van der Waals surface area contributed by atoms with Crippen molar-refractivity contribution in [1.82, 2.24) is 10.2 Å². The molecule has 0 bridgehead atoms. The van der Waals surface area contributed by atoms with Crippen LogP contribution < -0.4 is 5.32 Å². The fraction of sp³-hybridized carbons (Fsp3) is 0.682. The second kappa shape index (κ2) is 6.49. The molecule has 2 aliphatic heterocycles. The maximum atomic E-state index is 12.7. The van der Waals surface area contributed by atoms with Gasteiger partial charge in [-0.3, -0.25) is 4.90 Å². The summed E-state index contributed by atoms with van der Waals surface area (Å²) in [6.07, 6.45) is 3.13. The van der Waals surface area contributed by atoms with Crippen molar-refractivity contribution in [3.8, 4) is 0 Å². The summed E-state index contributed by atoms with van der Waals surface area (Å²) < 4.78 is 11.6. The Morgan fingerprint density at radius 3 is 2.74 bits per heavy atom. The molecule has 0 aromatic heterocycles. The lowest BCUT2D eigenvalue weighted by Crippen LogP contribution is -2.60. The second-order valence-corrected chi connectivity index (χ2v) is 9.52. The van der Waals surface area contributed by atoms with Gasteiger partial charge in [-0.25, -0.2) is 4.79 Å². The zero-order valence-corrected chi connectivity index (χ0v) is 17.0. The average Bonchev–Trinajstić information content (AvgIpc) is 3.22. The molecule has 1 spiro atoms. The number of carbonyl (C=O) groups excluding carboxylic acids is 1. The van der Waals surface area contributed by atoms with Crippen LogP contribution in [0.2, 0.25) is 0 Å². The highest BCUT2D eigenvalue weighted by atomic mass is 16.6. The highest BCUT2D eigenvalue weighted by Gasteiger charge is 2.69. The molecule has 2 unspecified atom stereocenters. The van der Waals surface area contributed by atoms with Gasteiger partial charge in [0.1, 0.15) is 5.60 Å². The van der Waals surface area contributed by atoms with Crippen LogP contribution in [0.5, 0.6) is 0 Å². The molecule has 0 radical (unpaired) electrons. The molecular weight excluding hydrogens is 340 g/mol. The minimum absolute atomic E-state index is 0.00700. The zero-order valence-electron chi connectivity index (χ0n) is 17.0. The third kappa shape index (κ3) is 3.05. The molecule has 3 aliphatic rings. The molecule has 1 aromatic carbocycles. The Hall–Kier alpha value is -1.59. The summed E-state index contributed by atoms with van der Waals surface area (Å²) in [6.45, 7) is 10.1. The maximum absolute atomic E-state index is 12.7. The van der Waals surface area contributed by atoms with Crippen molar-refractivity contribution in [2.24, 2.45) is 5.41 Å². The van der Waals surface area contributed by atoms with Crippen LogP contribution in [0, 0.1) is 5.41 Å². The van der Waals surface area contributed by atoms with E-state index >= 15 is 0 Å². The third-order valence-electron chi connectivity index (χ3n) is 6.77. The number of nitrogens with zero attached hydrogens (tertiary/aromatic N) is 1.